The fourth-order valence-electron chi connectivity index (χ4n) is 3.06. The Labute approximate surface area is 163 Å². The van der Waals surface area contributed by atoms with Crippen LogP contribution in [0.5, 0.6) is 5.75 Å². The van der Waals surface area contributed by atoms with Crippen molar-refractivity contribution in [3.8, 4) is 5.75 Å². The quantitative estimate of drug-likeness (QED) is 0.291. The van der Waals surface area contributed by atoms with Gasteiger partial charge < -0.3 is 20.7 Å². The summed E-state index contributed by atoms with van der Waals surface area (Å²) in [5.41, 5.74) is 6.79. The summed E-state index contributed by atoms with van der Waals surface area (Å²) in [6.07, 6.45) is 4.97. The molecule has 1 aliphatic heterocycles. The minimum absolute atomic E-state index is 0. The van der Waals surface area contributed by atoms with Gasteiger partial charge in [-0.25, -0.2) is 0 Å². The molecular weight excluding hydrogens is 415 g/mol. The molecule has 0 bridgehead atoms. The number of halogens is 1. The van der Waals surface area contributed by atoms with Gasteiger partial charge in [0.1, 0.15) is 5.75 Å². The molecule has 1 saturated heterocycles. The second-order valence-corrected chi connectivity index (χ2v) is 6.35. The van der Waals surface area contributed by atoms with Gasteiger partial charge in [-0.05, 0) is 56.8 Å². The number of methoxy groups -OCH3 is 1. The number of piperidine rings is 1. The Bertz CT molecular complexity index is 510. The Balaban J connectivity index is 0.00000288. The average molecular weight is 446 g/mol. The number of nitrogens with two attached hydrogens (primary N) is 1. The summed E-state index contributed by atoms with van der Waals surface area (Å²) in [4.78, 5) is 6.98. The minimum Gasteiger partial charge on any atom is -0.495 e. The van der Waals surface area contributed by atoms with Crippen LogP contribution in [0.4, 0.5) is 5.69 Å². The van der Waals surface area contributed by atoms with Crippen LogP contribution in [0.3, 0.4) is 0 Å². The van der Waals surface area contributed by atoms with Crippen LogP contribution in [0.15, 0.2) is 29.3 Å². The number of nitrogens with one attached hydrogen (secondary N) is 1. The van der Waals surface area contributed by atoms with E-state index >= 15 is 0 Å². The van der Waals surface area contributed by atoms with Gasteiger partial charge in [0.05, 0.1) is 12.8 Å². The van der Waals surface area contributed by atoms with Gasteiger partial charge >= 0.3 is 0 Å². The number of rotatable bonds is 7. The molecule has 136 valence electrons. The fraction of sp³-hybridized carbons (Fsp3) is 0.611. The highest BCUT2D eigenvalue weighted by Crippen LogP contribution is 2.22. The second kappa shape index (κ2) is 11.5. The van der Waals surface area contributed by atoms with Crippen molar-refractivity contribution in [2.24, 2.45) is 16.6 Å². The van der Waals surface area contributed by atoms with Gasteiger partial charge in [-0.1, -0.05) is 19.1 Å². The number of aliphatic imine (C=N–C) groups is 1. The molecule has 0 aliphatic carbocycles. The van der Waals surface area contributed by atoms with E-state index in [1.807, 2.05) is 24.3 Å². The molecule has 0 saturated carbocycles. The van der Waals surface area contributed by atoms with E-state index in [9.17, 15) is 0 Å². The molecule has 24 heavy (non-hydrogen) atoms. The molecule has 1 atom stereocenters. The summed E-state index contributed by atoms with van der Waals surface area (Å²) in [6, 6.07) is 7.70. The van der Waals surface area contributed by atoms with Crippen molar-refractivity contribution in [1.82, 2.24) is 4.90 Å². The van der Waals surface area contributed by atoms with Crippen molar-refractivity contribution in [1.29, 1.82) is 0 Å². The van der Waals surface area contributed by atoms with Crippen LogP contribution in [-0.4, -0.2) is 44.1 Å². The lowest BCUT2D eigenvalue weighted by atomic mass is 10.0. The van der Waals surface area contributed by atoms with Crippen LogP contribution in [-0.2, 0) is 0 Å². The van der Waals surface area contributed by atoms with E-state index in [4.69, 9.17) is 10.5 Å². The number of likely N-dealkylation sites (tertiary alicyclic amines) is 1. The highest BCUT2D eigenvalue weighted by Gasteiger charge is 2.15. The SMILES string of the molecule is COc1ccccc1NC(N)=NCCCCN1CCCC(C)C1.I. The first-order valence-electron chi connectivity index (χ1n) is 8.61. The van der Waals surface area contributed by atoms with E-state index in [1.54, 1.807) is 7.11 Å². The summed E-state index contributed by atoms with van der Waals surface area (Å²) < 4.78 is 5.29. The van der Waals surface area contributed by atoms with Crippen molar-refractivity contribution in [3.05, 3.63) is 24.3 Å². The normalized spacial score (nSPS) is 18.8. The summed E-state index contributed by atoms with van der Waals surface area (Å²) >= 11 is 0. The van der Waals surface area contributed by atoms with Gasteiger partial charge in [0, 0.05) is 13.1 Å². The molecule has 1 aliphatic rings. The van der Waals surface area contributed by atoms with Gasteiger partial charge in [0.2, 0.25) is 0 Å². The number of nitrogens with zero attached hydrogens (tertiary/aromatic N) is 2. The van der Waals surface area contributed by atoms with Crippen molar-refractivity contribution in [3.63, 3.8) is 0 Å². The molecule has 1 aromatic rings. The Kier molecular flexibility index (Phi) is 10.1. The zero-order valence-electron chi connectivity index (χ0n) is 14.8. The van der Waals surface area contributed by atoms with E-state index in [0.717, 1.165) is 30.3 Å². The third-order valence-corrected chi connectivity index (χ3v) is 4.28. The number of benzene rings is 1. The largest absolute Gasteiger partial charge is 0.495 e. The summed E-state index contributed by atoms with van der Waals surface area (Å²) in [7, 11) is 1.65. The average Bonchev–Trinajstić information content (AvgIpc) is 2.55. The molecule has 0 amide bonds. The summed E-state index contributed by atoms with van der Waals surface area (Å²) in [5, 5.41) is 3.10. The van der Waals surface area contributed by atoms with Gasteiger partial charge in [-0.3, -0.25) is 4.99 Å². The predicted molar refractivity (Wildman–Crippen MR) is 113 cm³/mol. The number of ether oxygens (including phenoxy) is 1. The number of unbranched alkanes of at least 4 members (excludes halogenated alkanes) is 1. The van der Waals surface area contributed by atoms with Crippen molar-refractivity contribution in [2.75, 3.05) is 38.6 Å². The third kappa shape index (κ3) is 7.25. The molecule has 1 fully saturated rings. The van der Waals surface area contributed by atoms with Gasteiger partial charge in [0.15, 0.2) is 5.96 Å². The predicted octanol–water partition coefficient (Wildman–Crippen LogP) is 3.55. The highest BCUT2D eigenvalue weighted by molar-refractivity contribution is 14.0. The van der Waals surface area contributed by atoms with Gasteiger partial charge in [-0.2, -0.15) is 0 Å². The number of para-hydroxylation sites is 2. The van der Waals surface area contributed by atoms with E-state index in [2.05, 4.69) is 22.1 Å². The molecule has 1 aromatic carbocycles. The molecule has 3 N–H and O–H groups in total. The first-order chi connectivity index (χ1) is 11.2. The number of hydrogen-bond acceptors (Lipinski definition) is 3. The third-order valence-electron chi connectivity index (χ3n) is 4.28. The molecule has 1 heterocycles. The van der Waals surface area contributed by atoms with Crippen LogP contribution >= 0.6 is 24.0 Å². The van der Waals surface area contributed by atoms with Crippen LogP contribution in [0.1, 0.15) is 32.6 Å². The lowest BCUT2D eigenvalue weighted by Gasteiger charge is -2.30. The smallest absolute Gasteiger partial charge is 0.193 e. The Morgan fingerprint density at radius 1 is 1.38 bits per heavy atom. The maximum absolute atomic E-state index is 5.95. The second-order valence-electron chi connectivity index (χ2n) is 6.35. The molecule has 6 heteroatoms. The lowest BCUT2D eigenvalue weighted by molar-refractivity contribution is 0.181. The van der Waals surface area contributed by atoms with E-state index in [1.165, 1.54) is 38.9 Å². The van der Waals surface area contributed by atoms with Crippen molar-refractivity contribution < 1.29 is 4.74 Å². The molecule has 2 rings (SSSR count). The maximum Gasteiger partial charge on any atom is 0.193 e. The molecule has 5 nitrogen and oxygen atoms in total. The molecular formula is C18H31IN4O. The zero-order valence-corrected chi connectivity index (χ0v) is 17.2. The zero-order chi connectivity index (χ0) is 16.5. The van der Waals surface area contributed by atoms with Gasteiger partial charge in [0.25, 0.3) is 0 Å². The van der Waals surface area contributed by atoms with E-state index < -0.39 is 0 Å². The van der Waals surface area contributed by atoms with Crippen molar-refractivity contribution in [2.45, 2.75) is 32.6 Å². The first-order valence-corrected chi connectivity index (χ1v) is 8.61. The Morgan fingerprint density at radius 3 is 2.92 bits per heavy atom. The molecule has 0 aromatic heterocycles. The monoisotopic (exact) mass is 446 g/mol. The van der Waals surface area contributed by atoms with Crippen LogP contribution in [0.25, 0.3) is 0 Å². The molecule has 1 unspecified atom stereocenters. The van der Waals surface area contributed by atoms with E-state index in [0.29, 0.717) is 5.96 Å². The summed E-state index contributed by atoms with van der Waals surface area (Å²) in [6.45, 7) is 6.80. The standard InChI is InChI=1S/C18H30N4O.HI/c1-15-8-7-13-22(14-15)12-6-5-11-20-18(19)21-16-9-3-4-10-17(16)23-2;/h3-4,9-10,15H,5-8,11-14H2,1-2H3,(H3,19,20,21);1H. The van der Waals surface area contributed by atoms with Crippen molar-refractivity contribution >= 4 is 35.6 Å². The topological polar surface area (TPSA) is 62.9 Å². The van der Waals surface area contributed by atoms with Crippen LogP contribution < -0.4 is 15.8 Å². The van der Waals surface area contributed by atoms with Gasteiger partial charge in [-0.15, -0.1) is 24.0 Å². The molecule has 0 radical (unpaired) electrons. The number of hydrogen-bond donors (Lipinski definition) is 2. The van der Waals surface area contributed by atoms with E-state index in [-0.39, 0.29) is 24.0 Å². The first kappa shape index (κ1) is 21.0. The lowest BCUT2D eigenvalue weighted by Crippen LogP contribution is -2.35. The minimum atomic E-state index is 0. The van der Waals surface area contributed by atoms with Crippen LogP contribution in [0, 0.1) is 5.92 Å². The van der Waals surface area contributed by atoms with Crippen LogP contribution in [0.2, 0.25) is 0 Å². The number of guanidine groups is 1. The summed E-state index contributed by atoms with van der Waals surface area (Å²) in [5.74, 6) is 2.06. The number of anilines is 1. The Morgan fingerprint density at radius 2 is 2.17 bits per heavy atom. The highest BCUT2D eigenvalue weighted by atomic mass is 127. The maximum atomic E-state index is 5.95. The fourth-order valence-corrected chi connectivity index (χ4v) is 3.06. The Hall–Kier alpha value is -1.02. The molecule has 0 spiro atoms.